The maximum absolute atomic E-state index is 8.94. The molecule has 4 rings (SSSR count). The predicted molar refractivity (Wildman–Crippen MR) is 55.5 cm³/mol. The van der Waals surface area contributed by atoms with Gasteiger partial charge in [-0.15, -0.1) is 0 Å². The average molecular weight is 189 g/mol. The van der Waals surface area contributed by atoms with Crippen LogP contribution in [0.4, 0.5) is 0 Å². The molecule has 0 aromatic rings. The van der Waals surface area contributed by atoms with Crippen molar-refractivity contribution in [3.63, 3.8) is 0 Å². The van der Waals surface area contributed by atoms with Crippen LogP contribution in [0.15, 0.2) is 0 Å². The Morgan fingerprint density at radius 2 is 2.21 bits per heavy atom. The zero-order chi connectivity index (χ0) is 9.81. The molecule has 1 nitrogen and oxygen atoms in total. The van der Waals surface area contributed by atoms with E-state index in [2.05, 4.69) is 13.0 Å². The first-order chi connectivity index (χ1) is 6.72. The van der Waals surface area contributed by atoms with Crippen LogP contribution in [0, 0.1) is 34.0 Å². The predicted octanol–water partition coefficient (Wildman–Crippen LogP) is 3.51. The van der Waals surface area contributed by atoms with Gasteiger partial charge in [0.1, 0.15) is 0 Å². The van der Waals surface area contributed by atoms with Crippen molar-refractivity contribution >= 4 is 0 Å². The summed E-state index contributed by atoms with van der Waals surface area (Å²) in [4.78, 5) is 0. The molecule has 4 fully saturated rings. The van der Waals surface area contributed by atoms with Crippen molar-refractivity contribution in [1.82, 2.24) is 0 Å². The highest BCUT2D eigenvalue weighted by Gasteiger charge is 2.62. The molecule has 1 heteroatoms. The molecule has 0 aromatic heterocycles. The van der Waals surface area contributed by atoms with Crippen LogP contribution in [0.5, 0.6) is 0 Å². The van der Waals surface area contributed by atoms with E-state index in [0.717, 1.165) is 18.3 Å². The molecule has 0 amide bonds. The summed E-state index contributed by atoms with van der Waals surface area (Å²) in [5.74, 6) is 1.97. The van der Waals surface area contributed by atoms with E-state index in [1.807, 2.05) is 0 Å². The fourth-order valence-corrected chi connectivity index (χ4v) is 5.19. The zero-order valence-corrected chi connectivity index (χ0v) is 9.05. The van der Waals surface area contributed by atoms with Crippen LogP contribution in [0.1, 0.15) is 51.9 Å². The van der Waals surface area contributed by atoms with Gasteiger partial charge in [-0.25, -0.2) is 0 Å². The van der Waals surface area contributed by atoms with Crippen LogP contribution in [0.2, 0.25) is 0 Å². The lowest BCUT2D eigenvalue weighted by molar-refractivity contribution is 0.116. The van der Waals surface area contributed by atoms with Crippen LogP contribution >= 0.6 is 0 Å². The maximum Gasteiger partial charge on any atom is 0.0627 e. The van der Waals surface area contributed by atoms with Crippen molar-refractivity contribution in [2.45, 2.75) is 51.9 Å². The molecule has 4 aliphatic carbocycles. The van der Waals surface area contributed by atoms with Gasteiger partial charge in [0.25, 0.3) is 0 Å². The standard InChI is InChI=1S/C13H19N/c1-2-13-7-10-5-11(13)8-12(6-10,9-13)3-4-14/h10-11H,2-3,5-9H2,1H3. The van der Waals surface area contributed by atoms with Gasteiger partial charge in [0.15, 0.2) is 0 Å². The lowest BCUT2D eigenvalue weighted by Gasteiger charge is -2.39. The molecule has 0 aromatic carbocycles. The second-order valence-electron chi connectivity index (χ2n) is 6.14. The Hall–Kier alpha value is -0.510. The highest BCUT2D eigenvalue weighted by Crippen LogP contribution is 2.72. The van der Waals surface area contributed by atoms with Crippen LogP contribution in [0.25, 0.3) is 0 Å². The van der Waals surface area contributed by atoms with Gasteiger partial charge in [0.05, 0.1) is 6.07 Å². The molecule has 4 unspecified atom stereocenters. The molecule has 4 saturated carbocycles. The third kappa shape index (κ3) is 0.900. The smallest absolute Gasteiger partial charge is 0.0627 e. The van der Waals surface area contributed by atoms with Crippen molar-refractivity contribution in [3.8, 4) is 6.07 Å². The van der Waals surface area contributed by atoms with Crippen molar-refractivity contribution < 1.29 is 0 Å². The monoisotopic (exact) mass is 189 g/mol. The lowest BCUT2D eigenvalue weighted by Crippen LogP contribution is -2.29. The van der Waals surface area contributed by atoms with Gasteiger partial charge in [-0.2, -0.15) is 5.26 Å². The molecule has 4 bridgehead atoms. The van der Waals surface area contributed by atoms with Gasteiger partial charge in [-0.05, 0) is 54.8 Å². The van der Waals surface area contributed by atoms with E-state index in [1.54, 1.807) is 0 Å². The number of nitriles is 1. The number of hydrogen-bond donors (Lipinski definition) is 0. The lowest BCUT2D eigenvalue weighted by atomic mass is 9.65. The summed E-state index contributed by atoms with van der Waals surface area (Å²) in [5, 5.41) is 8.94. The highest BCUT2D eigenvalue weighted by molar-refractivity contribution is 5.14. The topological polar surface area (TPSA) is 23.8 Å². The van der Waals surface area contributed by atoms with Crippen LogP contribution in [0.3, 0.4) is 0 Å². The molecule has 0 N–H and O–H groups in total. The number of nitrogens with zero attached hydrogens (tertiary/aromatic N) is 1. The van der Waals surface area contributed by atoms with Crippen molar-refractivity contribution in [2.75, 3.05) is 0 Å². The first-order valence-corrected chi connectivity index (χ1v) is 6.09. The Labute approximate surface area is 86.5 Å². The highest BCUT2D eigenvalue weighted by atomic mass is 14.7. The minimum Gasteiger partial charge on any atom is -0.198 e. The van der Waals surface area contributed by atoms with Gasteiger partial charge < -0.3 is 0 Å². The minimum absolute atomic E-state index is 0.469. The van der Waals surface area contributed by atoms with E-state index in [4.69, 9.17) is 5.26 Å². The second kappa shape index (κ2) is 2.54. The first kappa shape index (κ1) is 8.77. The van der Waals surface area contributed by atoms with Crippen LogP contribution in [-0.4, -0.2) is 0 Å². The van der Waals surface area contributed by atoms with E-state index in [9.17, 15) is 0 Å². The molecular weight excluding hydrogens is 170 g/mol. The Morgan fingerprint density at radius 1 is 1.36 bits per heavy atom. The van der Waals surface area contributed by atoms with Crippen LogP contribution in [-0.2, 0) is 0 Å². The minimum atomic E-state index is 0.469. The Morgan fingerprint density at radius 3 is 2.86 bits per heavy atom. The molecule has 0 aliphatic heterocycles. The molecule has 76 valence electrons. The third-order valence-corrected chi connectivity index (χ3v) is 5.47. The Bertz CT molecular complexity index is 303. The normalized spacial score (nSPS) is 53.7. The maximum atomic E-state index is 8.94. The summed E-state index contributed by atoms with van der Waals surface area (Å²) >= 11 is 0. The van der Waals surface area contributed by atoms with Crippen molar-refractivity contribution in [3.05, 3.63) is 0 Å². The molecule has 4 aliphatic rings. The number of rotatable bonds is 2. The van der Waals surface area contributed by atoms with E-state index in [-0.39, 0.29) is 0 Å². The van der Waals surface area contributed by atoms with E-state index in [1.165, 1.54) is 38.5 Å². The average Bonchev–Trinajstić information content (AvgIpc) is 2.50. The van der Waals surface area contributed by atoms with Gasteiger partial charge >= 0.3 is 0 Å². The summed E-state index contributed by atoms with van der Waals surface area (Å²) in [6, 6.07) is 2.44. The van der Waals surface area contributed by atoms with Crippen molar-refractivity contribution in [2.24, 2.45) is 22.7 Å². The second-order valence-corrected chi connectivity index (χ2v) is 6.14. The molecule has 0 heterocycles. The Balaban J connectivity index is 1.94. The molecule has 0 saturated heterocycles. The zero-order valence-electron chi connectivity index (χ0n) is 9.05. The third-order valence-electron chi connectivity index (χ3n) is 5.47. The quantitative estimate of drug-likeness (QED) is 0.652. The molecule has 4 atom stereocenters. The van der Waals surface area contributed by atoms with Gasteiger partial charge in [-0.3, -0.25) is 0 Å². The fourth-order valence-electron chi connectivity index (χ4n) is 5.19. The summed E-state index contributed by atoms with van der Waals surface area (Å²) < 4.78 is 0. The molecule has 0 spiro atoms. The fraction of sp³-hybridized carbons (Fsp3) is 0.923. The SMILES string of the molecule is CCC12CC3CC1CC(CC#N)(C3)C2. The van der Waals surface area contributed by atoms with Crippen LogP contribution < -0.4 is 0 Å². The first-order valence-electron chi connectivity index (χ1n) is 6.09. The van der Waals surface area contributed by atoms with Gasteiger partial charge in [-0.1, -0.05) is 13.3 Å². The summed E-state index contributed by atoms with van der Waals surface area (Å²) in [6.07, 6.45) is 9.31. The van der Waals surface area contributed by atoms with Crippen molar-refractivity contribution in [1.29, 1.82) is 5.26 Å². The molecular formula is C13H19N. The largest absolute Gasteiger partial charge is 0.198 e. The van der Waals surface area contributed by atoms with E-state index in [0.29, 0.717) is 10.8 Å². The summed E-state index contributed by atoms with van der Waals surface area (Å²) in [7, 11) is 0. The van der Waals surface area contributed by atoms with E-state index >= 15 is 0 Å². The summed E-state index contributed by atoms with van der Waals surface area (Å²) in [5.41, 5.74) is 1.15. The summed E-state index contributed by atoms with van der Waals surface area (Å²) in [6.45, 7) is 2.36. The number of hydrogen-bond acceptors (Lipinski definition) is 1. The molecule has 14 heavy (non-hydrogen) atoms. The molecule has 0 radical (unpaired) electrons. The van der Waals surface area contributed by atoms with Gasteiger partial charge in [0, 0.05) is 6.42 Å². The van der Waals surface area contributed by atoms with E-state index < -0.39 is 0 Å². The Kier molecular flexibility index (Phi) is 1.59. The van der Waals surface area contributed by atoms with Gasteiger partial charge in [0.2, 0.25) is 0 Å².